The SMILES string of the molecule is CC(NC(=O)c1c[nH]c2ncc(-c3nn(Cc4ccccn4)c4cc(Cl)ccc34)nc12)C(=O)N1CC(C#N)C1. The van der Waals surface area contributed by atoms with Crippen LogP contribution in [0.15, 0.2) is 55.0 Å². The monoisotopic (exact) mass is 539 g/mol. The molecule has 0 saturated carbocycles. The zero-order chi connectivity index (χ0) is 27.1. The van der Waals surface area contributed by atoms with E-state index >= 15 is 0 Å². The standard InChI is InChI=1S/C27H22ClN9O2/c1-15(27(39)36-12-16(9-29)13-36)33-26(38)20-10-31-25-24(20)34-21(11-32-25)23-19-6-5-17(28)8-22(19)37(35-23)14-18-4-2-3-7-30-18/h2-8,10-11,15-16H,12-14H2,1H3,(H,31,32)(H,33,38). The van der Waals surface area contributed by atoms with E-state index in [9.17, 15) is 9.59 Å². The lowest BCUT2D eigenvalue weighted by Gasteiger charge is -2.37. The maximum absolute atomic E-state index is 13.1. The minimum Gasteiger partial charge on any atom is -0.344 e. The molecule has 0 bridgehead atoms. The molecule has 5 aromatic rings. The van der Waals surface area contributed by atoms with E-state index in [4.69, 9.17) is 26.9 Å². The van der Waals surface area contributed by atoms with Gasteiger partial charge in [0, 0.05) is 35.9 Å². The van der Waals surface area contributed by atoms with Gasteiger partial charge in [0.05, 0.1) is 41.5 Å². The Hall–Kier alpha value is -4.82. The van der Waals surface area contributed by atoms with Crippen LogP contribution in [0.2, 0.25) is 5.02 Å². The molecule has 2 N–H and O–H groups in total. The average Bonchev–Trinajstić information content (AvgIpc) is 3.49. The highest BCUT2D eigenvalue weighted by Gasteiger charge is 2.33. The Morgan fingerprint density at radius 3 is 2.87 bits per heavy atom. The molecule has 0 spiro atoms. The number of hydrogen-bond acceptors (Lipinski definition) is 7. The van der Waals surface area contributed by atoms with Crippen LogP contribution in [-0.4, -0.2) is 65.6 Å². The highest BCUT2D eigenvalue weighted by atomic mass is 35.5. The topological polar surface area (TPSA) is 145 Å². The fourth-order valence-electron chi connectivity index (χ4n) is 4.63. The molecular weight excluding hydrogens is 518 g/mol. The van der Waals surface area contributed by atoms with E-state index < -0.39 is 11.9 Å². The van der Waals surface area contributed by atoms with Crippen molar-refractivity contribution in [2.24, 2.45) is 5.92 Å². The maximum atomic E-state index is 13.1. The van der Waals surface area contributed by atoms with Gasteiger partial charge in [0.2, 0.25) is 5.91 Å². The summed E-state index contributed by atoms with van der Waals surface area (Å²) in [5, 5.41) is 17.9. The molecule has 2 amide bonds. The summed E-state index contributed by atoms with van der Waals surface area (Å²) in [6.07, 6.45) is 4.85. The number of H-pyrrole nitrogens is 1. The van der Waals surface area contributed by atoms with Crippen LogP contribution in [0.5, 0.6) is 0 Å². The van der Waals surface area contributed by atoms with Gasteiger partial charge in [0.25, 0.3) is 5.91 Å². The van der Waals surface area contributed by atoms with Gasteiger partial charge in [-0.15, -0.1) is 0 Å². The van der Waals surface area contributed by atoms with Crippen LogP contribution >= 0.6 is 11.6 Å². The first kappa shape index (κ1) is 24.5. The van der Waals surface area contributed by atoms with Crippen molar-refractivity contribution >= 4 is 45.5 Å². The van der Waals surface area contributed by atoms with E-state index in [1.165, 1.54) is 6.20 Å². The lowest BCUT2D eigenvalue weighted by atomic mass is 10.0. The molecule has 39 heavy (non-hydrogen) atoms. The van der Waals surface area contributed by atoms with Crippen LogP contribution in [-0.2, 0) is 11.3 Å². The summed E-state index contributed by atoms with van der Waals surface area (Å²) in [5.74, 6) is -0.841. The van der Waals surface area contributed by atoms with Crippen LogP contribution in [0.4, 0.5) is 0 Å². The molecule has 194 valence electrons. The minimum atomic E-state index is -0.755. The lowest BCUT2D eigenvalue weighted by molar-refractivity contribution is -0.137. The van der Waals surface area contributed by atoms with Gasteiger partial charge in [-0.1, -0.05) is 17.7 Å². The van der Waals surface area contributed by atoms with E-state index in [1.807, 2.05) is 35.0 Å². The van der Waals surface area contributed by atoms with Gasteiger partial charge in [0.15, 0.2) is 5.65 Å². The number of aromatic nitrogens is 6. The van der Waals surface area contributed by atoms with Gasteiger partial charge < -0.3 is 15.2 Å². The van der Waals surface area contributed by atoms with Crippen LogP contribution in [0, 0.1) is 17.2 Å². The van der Waals surface area contributed by atoms with Crippen LogP contribution in [0.1, 0.15) is 23.0 Å². The van der Waals surface area contributed by atoms with Crippen LogP contribution in [0.25, 0.3) is 33.5 Å². The van der Waals surface area contributed by atoms with Crippen molar-refractivity contribution in [2.45, 2.75) is 19.5 Å². The number of halogens is 1. The number of hydrogen-bond donors (Lipinski definition) is 2. The summed E-state index contributed by atoms with van der Waals surface area (Å²) in [6, 6.07) is 12.6. The second-order valence-corrected chi connectivity index (χ2v) is 9.84. The van der Waals surface area contributed by atoms with Crippen molar-refractivity contribution in [1.29, 1.82) is 5.26 Å². The number of rotatable bonds is 6. The van der Waals surface area contributed by atoms with Crippen molar-refractivity contribution in [1.82, 2.24) is 39.9 Å². The molecule has 0 aliphatic carbocycles. The Balaban J connectivity index is 1.31. The Labute approximate surface area is 227 Å². The first-order valence-electron chi connectivity index (χ1n) is 12.3. The number of amides is 2. The quantitative estimate of drug-likeness (QED) is 0.337. The molecule has 6 rings (SSSR count). The summed E-state index contributed by atoms with van der Waals surface area (Å²) >= 11 is 6.30. The molecule has 11 nitrogen and oxygen atoms in total. The number of fused-ring (bicyclic) bond motifs is 2. The smallest absolute Gasteiger partial charge is 0.255 e. The summed E-state index contributed by atoms with van der Waals surface area (Å²) < 4.78 is 1.81. The van der Waals surface area contributed by atoms with Crippen molar-refractivity contribution in [3.8, 4) is 17.5 Å². The molecule has 4 aromatic heterocycles. The van der Waals surface area contributed by atoms with Gasteiger partial charge in [-0.05, 0) is 37.3 Å². The molecule has 0 radical (unpaired) electrons. The summed E-state index contributed by atoms with van der Waals surface area (Å²) in [4.78, 5) is 43.9. The summed E-state index contributed by atoms with van der Waals surface area (Å²) in [7, 11) is 0. The normalized spacial score (nSPS) is 14.2. The zero-order valence-corrected chi connectivity index (χ0v) is 21.6. The van der Waals surface area contributed by atoms with Crippen molar-refractivity contribution in [3.63, 3.8) is 0 Å². The van der Waals surface area contributed by atoms with Crippen molar-refractivity contribution < 1.29 is 9.59 Å². The average molecular weight is 540 g/mol. The lowest BCUT2D eigenvalue weighted by Crippen LogP contribution is -2.55. The van der Waals surface area contributed by atoms with Crippen LogP contribution < -0.4 is 5.32 Å². The molecule has 1 aromatic carbocycles. The molecule has 1 saturated heterocycles. The molecule has 12 heteroatoms. The number of carbonyl (C=O) groups is 2. The predicted octanol–water partition coefficient (Wildman–Crippen LogP) is 3.17. The van der Waals surface area contributed by atoms with Gasteiger partial charge in [0.1, 0.15) is 22.9 Å². The van der Waals surface area contributed by atoms with Gasteiger partial charge in [-0.2, -0.15) is 10.4 Å². The Morgan fingerprint density at radius 1 is 1.26 bits per heavy atom. The molecule has 5 heterocycles. The van der Waals surface area contributed by atoms with Crippen LogP contribution in [0.3, 0.4) is 0 Å². The number of nitrogens with zero attached hydrogens (tertiary/aromatic N) is 7. The largest absolute Gasteiger partial charge is 0.344 e. The molecule has 1 fully saturated rings. The number of likely N-dealkylation sites (tertiary alicyclic amines) is 1. The van der Waals surface area contributed by atoms with Gasteiger partial charge in [-0.25, -0.2) is 9.97 Å². The number of carbonyl (C=O) groups excluding carboxylic acids is 2. The third kappa shape index (κ3) is 4.55. The fraction of sp³-hybridized carbons (Fsp3) is 0.222. The van der Waals surface area contributed by atoms with Crippen molar-refractivity contribution in [2.75, 3.05) is 13.1 Å². The molecule has 1 aliphatic heterocycles. The first-order valence-corrected chi connectivity index (χ1v) is 12.7. The third-order valence-electron chi connectivity index (χ3n) is 6.71. The number of aromatic amines is 1. The Morgan fingerprint density at radius 2 is 2.10 bits per heavy atom. The van der Waals surface area contributed by atoms with E-state index in [-0.39, 0.29) is 17.4 Å². The van der Waals surface area contributed by atoms with Gasteiger partial charge >= 0.3 is 0 Å². The molecular formula is C27H22ClN9O2. The van der Waals surface area contributed by atoms with Crippen molar-refractivity contribution in [3.05, 3.63) is 71.3 Å². The zero-order valence-electron chi connectivity index (χ0n) is 20.8. The van der Waals surface area contributed by atoms with E-state index in [0.717, 1.165) is 16.6 Å². The highest BCUT2D eigenvalue weighted by Crippen LogP contribution is 2.30. The first-order chi connectivity index (χ1) is 18.9. The number of pyridine rings is 1. The second kappa shape index (κ2) is 9.81. The Kier molecular flexibility index (Phi) is 6.17. The minimum absolute atomic E-state index is 0.154. The maximum Gasteiger partial charge on any atom is 0.255 e. The fourth-order valence-corrected chi connectivity index (χ4v) is 4.80. The summed E-state index contributed by atoms with van der Waals surface area (Å²) in [6.45, 7) is 2.81. The molecule has 1 aliphatic rings. The number of nitrogens with one attached hydrogen (secondary N) is 2. The number of benzene rings is 1. The van der Waals surface area contributed by atoms with E-state index in [1.54, 1.807) is 30.3 Å². The second-order valence-electron chi connectivity index (χ2n) is 9.41. The molecule has 1 atom stereocenters. The summed E-state index contributed by atoms with van der Waals surface area (Å²) in [5.41, 5.74) is 3.78. The van der Waals surface area contributed by atoms with E-state index in [2.05, 4.69) is 26.3 Å². The predicted molar refractivity (Wildman–Crippen MR) is 144 cm³/mol. The number of nitriles is 1. The molecule has 1 unspecified atom stereocenters. The van der Waals surface area contributed by atoms with E-state index in [0.29, 0.717) is 47.2 Å². The third-order valence-corrected chi connectivity index (χ3v) is 6.95. The Bertz CT molecular complexity index is 1770. The van der Waals surface area contributed by atoms with Gasteiger partial charge in [-0.3, -0.25) is 19.3 Å². The highest BCUT2D eigenvalue weighted by molar-refractivity contribution is 6.31.